The van der Waals surface area contributed by atoms with Crippen molar-refractivity contribution < 1.29 is 9.53 Å². The number of aromatic nitrogens is 1. The molecule has 0 aliphatic heterocycles. The summed E-state index contributed by atoms with van der Waals surface area (Å²) in [7, 11) is 0. The molecular weight excluding hydrogens is 369 g/mol. The largest absolute Gasteiger partial charge is 0.490 e. The van der Waals surface area contributed by atoms with Crippen molar-refractivity contribution in [3.8, 4) is 5.75 Å². The molecule has 5 nitrogen and oxygen atoms in total. The third-order valence-electron chi connectivity index (χ3n) is 2.96. The van der Waals surface area contributed by atoms with Gasteiger partial charge in [-0.05, 0) is 31.0 Å². The maximum absolute atomic E-state index is 11.4. The fourth-order valence-corrected chi connectivity index (χ4v) is 3.35. The lowest BCUT2D eigenvalue weighted by atomic mass is 10.2. The second-order valence-electron chi connectivity index (χ2n) is 5.02. The Bertz CT molecular complexity index is 752. The van der Waals surface area contributed by atoms with Gasteiger partial charge in [0.2, 0.25) is 5.13 Å². The summed E-state index contributed by atoms with van der Waals surface area (Å²) in [5.41, 5.74) is 4.22. The molecule has 1 aromatic heterocycles. The first-order valence-corrected chi connectivity index (χ1v) is 8.89. The van der Waals surface area contributed by atoms with Gasteiger partial charge in [-0.2, -0.15) is 5.10 Å². The van der Waals surface area contributed by atoms with Crippen LogP contribution in [0.25, 0.3) is 0 Å². The zero-order chi connectivity index (χ0) is 17.7. The van der Waals surface area contributed by atoms with Crippen LogP contribution in [0, 0.1) is 6.92 Å². The molecule has 1 heterocycles. The van der Waals surface area contributed by atoms with E-state index >= 15 is 0 Å². The van der Waals surface area contributed by atoms with E-state index in [-0.39, 0.29) is 5.78 Å². The van der Waals surface area contributed by atoms with Crippen molar-refractivity contribution in [2.75, 3.05) is 12.0 Å². The van der Waals surface area contributed by atoms with Crippen LogP contribution in [0.15, 0.2) is 17.2 Å². The van der Waals surface area contributed by atoms with Gasteiger partial charge in [0.25, 0.3) is 0 Å². The number of carbonyl (C=O) groups is 1. The third kappa shape index (κ3) is 4.69. The molecule has 0 unspecified atom stereocenters. The fourth-order valence-electron chi connectivity index (χ4n) is 1.93. The molecule has 8 heteroatoms. The minimum atomic E-state index is -0.0109. The Balaban J connectivity index is 2.09. The topological polar surface area (TPSA) is 63.6 Å². The Morgan fingerprint density at radius 2 is 2.08 bits per heavy atom. The van der Waals surface area contributed by atoms with Gasteiger partial charge in [0.05, 0.1) is 33.4 Å². The predicted octanol–water partition coefficient (Wildman–Crippen LogP) is 5.20. The van der Waals surface area contributed by atoms with Crippen LogP contribution in [0.2, 0.25) is 10.0 Å². The van der Waals surface area contributed by atoms with Crippen LogP contribution >= 0.6 is 34.5 Å². The Morgan fingerprint density at radius 3 is 2.62 bits per heavy atom. The summed E-state index contributed by atoms with van der Waals surface area (Å²) in [6, 6.07) is 3.44. The first kappa shape index (κ1) is 18.7. The predicted molar refractivity (Wildman–Crippen MR) is 100 cm³/mol. The van der Waals surface area contributed by atoms with Gasteiger partial charge in [-0.1, -0.05) is 41.5 Å². The van der Waals surface area contributed by atoms with E-state index in [0.29, 0.717) is 38.1 Å². The van der Waals surface area contributed by atoms with E-state index in [1.165, 1.54) is 18.3 Å². The van der Waals surface area contributed by atoms with E-state index in [1.54, 1.807) is 25.3 Å². The number of halogens is 2. The molecule has 2 aromatic rings. The first-order chi connectivity index (χ1) is 11.4. The Kier molecular flexibility index (Phi) is 6.60. The molecule has 24 heavy (non-hydrogen) atoms. The highest BCUT2D eigenvalue weighted by atomic mass is 35.5. The third-order valence-corrected chi connectivity index (χ3v) is 4.69. The zero-order valence-corrected chi connectivity index (χ0v) is 15.8. The highest BCUT2D eigenvalue weighted by Crippen LogP contribution is 2.34. The molecule has 0 saturated carbocycles. The summed E-state index contributed by atoms with van der Waals surface area (Å²) < 4.78 is 5.52. The summed E-state index contributed by atoms with van der Waals surface area (Å²) in [4.78, 5) is 16.3. The van der Waals surface area contributed by atoms with Crippen molar-refractivity contribution >= 4 is 51.7 Å². The molecule has 0 saturated heterocycles. The number of nitrogens with one attached hydrogen (secondary N) is 1. The lowest BCUT2D eigenvalue weighted by Gasteiger charge is -2.09. The van der Waals surface area contributed by atoms with Gasteiger partial charge in [0.15, 0.2) is 11.5 Å². The second kappa shape index (κ2) is 8.46. The van der Waals surface area contributed by atoms with Crippen molar-refractivity contribution in [3.63, 3.8) is 0 Å². The molecule has 0 bridgehead atoms. The minimum Gasteiger partial charge on any atom is -0.490 e. The fraction of sp³-hybridized carbons (Fsp3) is 0.312. The van der Waals surface area contributed by atoms with Crippen LogP contribution in [0.1, 0.15) is 41.2 Å². The van der Waals surface area contributed by atoms with Gasteiger partial charge >= 0.3 is 0 Å². The minimum absolute atomic E-state index is 0.0109. The second-order valence-corrected chi connectivity index (χ2v) is 6.84. The number of ketones is 1. The number of thiazole rings is 1. The van der Waals surface area contributed by atoms with Crippen LogP contribution in [-0.4, -0.2) is 23.6 Å². The standard InChI is InChI=1S/C16H17Cl2N3O2S/c1-4-5-23-14-12(17)6-11(7-13(14)18)8-19-21-16-20-9(2)15(24-16)10(3)22/h6-8H,4-5H2,1-3H3,(H,20,21)/b19-8-. The average molecular weight is 386 g/mol. The smallest absolute Gasteiger partial charge is 0.204 e. The zero-order valence-electron chi connectivity index (χ0n) is 13.5. The number of hydrogen-bond acceptors (Lipinski definition) is 6. The summed E-state index contributed by atoms with van der Waals surface area (Å²) in [5, 5.41) is 5.52. The van der Waals surface area contributed by atoms with E-state index in [0.717, 1.165) is 12.0 Å². The molecule has 1 aromatic carbocycles. The average Bonchev–Trinajstić information content (AvgIpc) is 2.88. The number of carbonyl (C=O) groups excluding carboxylic acids is 1. The van der Waals surface area contributed by atoms with Gasteiger partial charge in [0, 0.05) is 6.92 Å². The van der Waals surface area contributed by atoms with Crippen LogP contribution in [0.3, 0.4) is 0 Å². The first-order valence-electron chi connectivity index (χ1n) is 7.31. The van der Waals surface area contributed by atoms with E-state index in [1.807, 2.05) is 6.92 Å². The number of benzene rings is 1. The van der Waals surface area contributed by atoms with Gasteiger partial charge in [-0.15, -0.1) is 0 Å². The van der Waals surface area contributed by atoms with Crippen LogP contribution in [0.5, 0.6) is 5.75 Å². The molecule has 128 valence electrons. The van der Waals surface area contributed by atoms with Crippen LogP contribution in [0.4, 0.5) is 5.13 Å². The number of hydrogen-bond donors (Lipinski definition) is 1. The van der Waals surface area contributed by atoms with E-state index in [4.69, 9.17) is 27.9 Å². The van der Waals surface area contributed by atoms with Gasteiger partial charge in [0.1, 0.15) is 0 Å². The van der Waals surface area contributed by atoms with E-state index in [2.05, 4.69) is 15.5 Å². The Labute approximate surface area is 154 Å². The molecule has 0 aliphatic rings. The van der Waals surface area contributed by atoms with Crippen molar-refractivity contribution in [3.05, 3.63) is 38.3 Å². The molecule has 1 N–H and O–H groups in total. The molecule has 0 amide bonds. The number of Topliss-reactive ketones (excluding diaryl/α,β-unsaturated/α-hetero) is 1. The quantitative estimate of drug-likeness (QED) is 0.404. The van der Waals surface area contributed by atoms with Gasteiger partial charge in [-0.3, -0.25) is 10.2 Å². The molecule has 2 rings (SSSR count). The van der Waals surface area contributed by atoms with Gasteiger partial charge in [-0.25, -0.2) is 4.98 Å². The van der Waals surface area contributed by atoms with Crippen molar-refractivity contribution in [1.29, 1.82) is 0 Å². The van der Waals surface area contributed by atoms with E-state index < -0.39 is 0 Å². The summed E-state index contributed by atoms with van der Waals surface area (Å²) in [6.45, 7) is 5.86. The number of rotatable bonds is 7. The molecule has 0 spiro atoms. The van der Waals surface area contributed by atoms with E-state index in [9.17, 15) is 4.79 Å². The number of hydrazone groups is 1. The number of ether oxygens (including phenoxy) is 1. The van der Waals surface area contributed by atoms with Gasteiger partial charge < -0.3 is 4.74 Å². The highest BCUT2D eigenvalue weighted by Gasteiger charge is 2.11. The maximum Gasteiger partial charge on any atom is 0.204 e. The Hall–Kier alpha value is -1.63. The SMILES string of the molecule is CCCOc1c(Cl)cc(/C=N\Nc2nc(C)c(C(C)=O)s2)cc1Cl. The molecular formula is C16H17Cl2N3O2S. The lowest BCUT2D eigenvalue weighted by molar-refractivity contribution is 0.102. The lowest BCUT2D eigenvalue weighted by Crippen LogP contribution is -1.97. The summed E-state index contributed by atoms with van der Waals surface area (Å²) >= 11 is 13.6. The Morgan fingerprint density at radius 1 is 1.42 bits per heavy atom. The number of aryl methyl sites for hydroxylation is 1. The number of nitrogens with zero attached hydrogens (tertiary/aromatic N) is 2. The highest BCUT2D eigenvalue weighted by molar-refractivity contribution is 7.17. The van der Waals surface area contributed by atoms with Crippen molar-refractivity contribution in [2.45, 2.75) is 27.2 Å². The molecule has 0 fully saturated rings. The van der Waals surface area contributed by atoms with Crippen LogP contribution < -0.4 is 10.2 Å². The van der Waals surface area contributed by atoms with Crippen molar-refractivity contribution in [2.24, 2.45) is 5.10 Å². The molecule has 0 aliphatic carbocycles. The summed E-state index contributed by atoms with van der Waals surface area (Å²) in [6.07, 6.45) is 2.45. The normalized spacial score (nSPS) is 11.0. The molecule has 0 radical (unpaired) electrons. The number of anilines is 1. The molecule has 0 atom stereocenters. The maximum atomic E-state index is 11.4. The van der Waals surface area contributed by atoms with Crippen molar-refractivity contribution in [1.82, 2.24) is 4.98 Å². The summed E-state index contributed by atoms with van der Waals surface area (Å²) in [5.74, 6) is 0.468. The van der Waals surface area contributed by atoms with Crippen LogP contribution in [-0.2, 0) is 0 Å². The monoisotopic (exact) mass is 385 g/mol.